The van der Waals surface area contributed by atoms with Crippen molar-refractivity contribution < 1.29 is 8.42 Å². The molecule has 24 heavy (non-hydrogen) atoms. The van der Waals surface area contributed by atoms with Crippen LogP contribution in [0, 0.1) is 6.92 Å². The van der Waals surface area contributed by atoms with E-state index in [1.807, 2.05) is 30.3 Å². The number of nitrogens with zero attached hydrogens (tertiary/aromatic N) is 3. The van der Waals surface area contributed by atoms with E-state index in [4.69, 9.17) is 0 Å². The van der Waals surface area contributed by atoms with Crippen LogP contribution in [0.15, 0.2) is 66.3 Å². The van der Waals surface area contributed by atoms with Gasteiger partial charge in [0, 0.05) is 18.5 Å². The summed E-state index contributed by atoms with van der Waals surface area (Å²) in [7, 11) is -3.66. The number of sulfonamides is 1. The van der Waals surface area contributed by atoms with Crippen LogP contribution in [0.4, 0.5) is 5.82 Å². The Balaban J connectivity index is 1.87. The zero-order valence-electron chi connectivity index (χ0n) is 13.0. The normalized spacial score (nSPS) is 11.7. The van der Waals surface area contributed by atoms with E-state index in [0.29, 0.717) is 11.5 Å². The van der Waals surface area contributed by atoms with Crippen LogP contribution < -0.4 is 4.72 Å². The summed E-state index contributed by atoms with van der Waals surface area (Å²) >= 11 is 0. The van der Waals surface area contributed by atoms with Crippen LogP contribution >= 0.6 is 0 Å². The molecule has 0 aliphatic heterocycles. The third-order valence-electron chi connectivity index (χ3n) is 3.22. The Morgan fingerprint density at radius 2 is 1.79 bits per heavy atom. The molecule has 0 aliphatic carbocycles. The first-order valence-electron chi connectivity index (χ1n) is 7.26. The maximum absolute atomic E-state index is 12.3. The third kappa shape index (κ3) is 3.88. The number of pyridine rings is 1. The largest absolute Gasteiger partial charge is 0.265 e. The summed E-state index contributed by atoms with van der Waals surface area (Å²) in [4.78, 5) is 3.95. The Bertz CT molecular complexity index is 949. The average Bonchev–Trinajstić information content (AvgIpc) is 2.94. The maximum Gasteiger partial charge on any atom is 0.256 e. The van der Waals surface area contributed by atoms with Gasteiger partial charge in [0.1, 0.15) is 5.82 Å². The molecule has 3 rings (SSSR count). The van der Waals surface area contributed by atoms with Crippen molar-refractivity contribution in [1.29, 1.82) is 0 Å². The first kappa shape index (κ1) is 15.9. The molecule has 0 spiro atoms. The Kier molecular flexibility index (Phi) is 4.43. The highest BCUT2D eigenvalue weighted by atomic mass is 32.2. The molecule has 0 fully saturated rings. The molecule has 1 N–H and O–H groups in total. The van der Waals surface area contributed by atoms with Gasteiger partial charge < -0.3 is 0 Å². The summed E-state index contributed by atoms with van der Waals surface area (Å²) in [6, 6.07) is 14.4. The van der Waals surface area contributed by atoms with E-state index in [2.05, 4.69) is 14.8 Å². The van der Waals surface area contributed by atoms with Gasteiger partial charge in [-0.3, -0.25) is 9.71 Å². The topological polar surface area (TPSA) is 76.9 Å². The number of benzene rings is 1. The van der Waals surface area contributed by atoms with Gasteiger partial charge in [0.15, 0.2) is 0 Å². The summed E-state index contributed by atoms with van der Waals surface area (Å²) in [5.41, 5.74) is 2.24. The van der Waals surface area contributed by atoms with Crippen LogP contribution in [0.1, 0.15) is 11.3 Å². The Hall–Kier alpha value is -2.93. The summed E-state index contributed by atoms with van der Waals surface area (Å²) < 4.78 is 28.7. The fourth-order valence-corrected chi connectivity index (χ4v) is 3.01. The van der Waals surface area contributed by atoms with E-state index in [0.717, 1.165) is 16.7 Å². The zero-order chi connectivity index (χ0) is 17.0. The van der Waals surface area contributed by atoms with Crippen molar-refractivity contribution in [2.75, 3.05) is 4.72 Å². The van der Waals surface area contributed by atoms with E-state index in [1.54, 1.807) is 43.6 Å². The molecule has 6 nitrogen and oxygen atoms in total. The lowest BCUT2D eigenvalue weighted by Gasteiger charge is -2.08. The lowest BCUT2D eigenvalue weighted by molar-refractivity contribution is 0.609. The predicted octanol–water partition coefficient (Wildman–Crippen LogP) is 2.99. The number of aryl methyl sites for hydroxylation is 1. The predicted molar refractivity (Wildman–Crippen MR) is 94.1 cm³/mol. The monoisotopic (exact) mass is 340 g/mol. The van der Waals surface area contributed by atoms with Crippen LogP contribution in [0.2, 0.25) is 0 Å². The molecule has 0 saturated heterocycles. The fourth-order valence-electron chi connectivity index (χ4n) is 2.17. The molecule has 1 aromatic carbocycles. The number of anilines is 1. The van der Waals surface area contributed by atoms with Crippen LogP contribution in [-0.4, -0.2) is 23.2 Å². The van der Waals surface area contributed by atoms with Gasteiger partial charge in [0.05, 0.1) is 16.8 Å². The Labute approximate surface area is 140 Å². The molecule has 0 aliphatic rings. The van der Waals surface area contributed by atoms with Gasteiger partial charge >= 0.3 is 0 Å². The molecule has 0 saturated carbocycles. The average molecular weight is 340 g/mol. The molecule has 3 aromatic rings. The highest BCUT2D eigenvalue weighted by Crippen LogP contribution is 2.18. The van der Waals surface area contributed by atoms with Crippen molar-refractivity contribution in [3.63, 3.8) is 0 Å². The van der Waals surface area contributed by atoms with Crippen LogP contribution in [0.5, 0.6) is 0 Å². The van der Waals surface area contributed by atoms with Gasteiger partial charge in [0.25, 0.3) is 10.0 Å². The number of hydrogen-bond donors (Lipinski definition) is 1. The third-order valence-corrected chi connectivity index (χ3v) is 4.21. The number of nitrogens with one attached hydrogen (secondary N) is 1. The lowest BCUT2D eigenvalue weighted by Crippen LogP contribution is -2.13. The minimum atomic E-state index is -3.66. The van der Waals surface area contributed by atoms with Crippen molar-refractivity contribution in [1.82, 2.24) is 14.8 Å². The highest BCUT2D eigenvalue weighted by molar-refractivity contribution is 7.95. The van der Waals surface area contributed by atoms with Gasteiger partial charge in [-0.15, -0.1) is 0 Å². The maximum atomic E-state index is 12.3. The lowest BCUT2D eigenvalue weighted by atomic mass is 10.2. The van der Waals surface area contributed by atoms with Crippen molar-refractivity contribution in [2.45, 2.75) is 6.92 Å². The van der Waals surface area contributed by atoms with Crippen LogP contribution in [0.25, 0.3) is 11.8 Å². The van der Waals surface area contributed by atoms with Gasteiger partial charge in [0.2, 0.25) is 0 Å². The van der Waals surface area contributed by atoms with Gasteiger partial charge in [-0.2, -0.15) is 5.10 Å². The molecular weight excluding hydrogens is 324 g/mol. The van der Waals surface area contributed by atoms with Crippen molar-refractivity contribution >= 4 is 21.9 Å². The molecule has 0 bridgehead atoms. The molecule has 2 aromatic heterocycles. The van der Waals surface area contributed by atoms with Crippen molar-refractivity contribution in [3.05, 3.63) is 77.6 Å². The van der Waals surface area contributed by atoms with Crippen LogP contribution in [0.3, 0.4) is 0 Å². The van der Waals surface area contributed by atoms with Crippen molar-refractivity contribution in [2.24, 2.45) is 0 Å². The summed E-state index contributed by atoms with van der Waals surface area (Å²) in [6.45, 7) is 1.80. The highest BCUT2D eigenvalue weighted by Gasteiger charge is 2.13. The van der Waals surface area contributed by atoms with Gasteiger partial charge in [-0.25, -0.2) is 13.1 Å². The second-order valence-electron chi connectivity index (χ2n) is 5.15. The molecular formula is C17H16N4O2S. The van der Waals surface area contributed by atoms with Gasteiger partial charge in [-0.05, 0) is 30.7 Å². The number of aromatic nitrogens is 3. The van der Waals surface area contributed by atoms with Gasteiger partial charge in [-0.1, -0.05) is 30.3 Å². The molecule has 122 valence electrons. The second kappa shape index (κ2) is 6.67. The SMILES string of the molecule is Cc1cc(NS(=O)(=O)C=Cc2ccccc2)n(-c2ccncc2)n1. The van der Waals surface area contributed by atoms with Crippen LogP contribution in [-0.2, 0) is 10.0 Å². The second-order valence-corrected chi connectivity index (χ2v) is 6.71. The molecule has 7 heteroatoms. The van der Waals surface area contributed by atoms with E-state index in [9.17, 15) is 8.42 Å². The zero-order valence-corrected chi connectivity index (χ0v) is 13.8. The molecule has 2 heterocycles. The fraction of sp³-hybridized carbons (Fsp3) is 0.0588. The molecule has 0 unspecified atom stereocenters. The Morgan fingerprint density at radius 3 is 2.50 bits per heavy atom. The molecule has 0 radical (unpaired) electrons. The van der Waals surface area contributed by atoms with E-state index >= 15 is 0 Å². The minimum absolute atomic E-state index is 0.372. The summed E-state index contributed by atoms with van der Waals surface area (Å²) in [6.07, 6.45) is 4.79. The van der Waals surface area contributed by atoms with E-state index in [1.165, 1.54) is 4.68 Å². The Morgan fingerprint density at radius 1 is 1.08 bits per heavy atom. The molecule has 0 amide bonds. The summed E-state index contributed by atoms with van der Waals surface area (Å²) in [5.74, 6) is 0.372. The van der Waals surface area contributed by atoms with Crippen molar-refractivity contribution in [3.8, 4) is 5.69 Å². The standard InChI is InChI=1S/C17H16N4O2S/c1-14-13-17(21(19-14)16-7-10-18-11-8-16)20-24(22,23)12-9-15-5-3-2-4-6-15/h2-13,20H,1H3. The smallest absolute Gasteiger partial charge is 0.256 e. The molecule has 0 atom stereocenters. The number of hydrogen-bond acceptors (Lipinski definition) is 4. The number of rotatable bonds is 5. The first-order chi connectivity index (χ1) is 11.5. The van der Waals surface area contributed by atoms with E-state index in [-0.39, 0.29) is 0 Å². The summed E-state index contributed by atoms with van der Waals surface area (Å²) in [5, 5.41) is 5.46. The quantitative estimate of drug-likeness (QED) is 0.774. The van der Waals surface area contributed by atoms with E-state index < -0.39 is 10.0 Å². The minimum Gasteiger partial charge on any atom is -0.265 e. The first-order valence-corrected chi connectivity index (χ1v) is 8.81.